The monoisotopic (exact) mass is 243 g/mol. The van der Waals surface area contributed by atoms with Crippen LogP contribution in [-0.4, -0.2) is 5.71 Å². The van der Waals surface area contributed by atoms with E-state index < -0.39 is 0 Å². The summed E-state index contributed by atoms with van der Waals surface area (Å²) in [7, 11) is 0. The average molecular weight is 244 g/mol. The van der Waals surface area contributed by atoms with Gasteiger partial charge in [0.25, 0.3) is 0 Å². The maximum Gasteiger partial charge on any atom is 0.0819 e. The van der Waals surface area contributed by atoms with Crippen LogP contribution in [-0.2, 0) is 0 Å². The second-order valence-corrected chi connectivity index (χ2v) is 4.14. The molecule has 2 heteroatoms. The van der Waals surface area contributed by atoms with Crippen molar-refractivity contribution in [2.24, 2.45) is 4.99 Å². The molecule has 0 saturated heterocycles. The van der Waals surface area contributed by atoms with Crippen molar-refractivity contribution in [3.05, 3.63) is 65.2 Å². The van der Waals surface area contributed by atoms with Crippen LogP contribution >= 0.6 is 11.6 Å². The highest BCUT2D eigenvalue weighted by Crippen LogP contribution is 2.25. The van der Waals surface area contributed by atoms with Gasteiger partial charge in [0.2, 0.25) is 0 Å². The SMILES string of the molecule is CC/C(=N/c1ccccc1Cl)c1ccccc1. The molecule has 0 saturated carbocycles. The summed E-state index contributed by atoms with van der Waals surface area (Å²) in [4.78, 5) is 4.63. The maximum absolute atomic E-state index is 6.11. The van der Waals surface area contributed by atoms with Crippen molar-refractivity contribution in [3.63, 3.8) is 0 Å². The highest BCUT2D eigenvalue weighted by atomic mass is 35.5. The van der Waals surface area contributed by atoms with Gasteiger partial charge in [0, 0.05) is 5.71 Å². The molecule has 0 spiro atoms. The Hall–Kier alpha value is -1.60. The lowest BCUT2D eigenvalue weighted by atomic mass is 10.1. The van der Waals surface area contributed by atoms with Crippen LogP contribution in [0, 0.1) is 0 Å². The van der Waals surface area contributed by atoms with Crippen LogP contribution in [0.4, 0.5) is 5.69 Å². The second-order valence-electron chi connectivity index (χ2n) is 3.73. The molecular weight excluding hydrogens is 230 g/mol. The fourth-order valence-corrected chi connectivity index (χ4v) is 1.84. The highest BCUT2D eigenvalue weighted by Gasteiger charge is 2.02. The zero-order valence-electron chi connectivity index (χ0n) is 9.73. The molecule has 0 fully saturated rings. The summed E-state index contributed by atoms with van der Waals surface area (Å²) in [5.41, 5.74) is 3.03. The van der Waals surface area contributed by atoms with E-state index >= 15 is 0 Å². The van der Waals surface area contributed by atoms with E-state index in [2.05, 4.69) is 24.0 Å². The smallest absolute Gasteiger partial charge is 0.0819 e. The molecule has 0 aromatic heterocycles. The van der Waals surface area contributed by atoms with Crippen molar-refractivity contribution < 1.29 is 0 Å². The summed E-state index contributed by atoms with van der Waals surface area (Å²) in [5, 5.41) is 0.689. The zero-order chi connectivity index (χ0) is 12.1. The lowest BCUT2D eigenvalue weighted by Crippen LogP contribution is -1.97. The normalized spacial score (nSPS) is 11.5. The first-order chi connectivity index (χ1) is 8.31. The average Bonchev–Trinajstić information content (AvgIpc) is 2.39. The van der Waals surface area contributed by atoms with Gasteiger partial charge in [-0.1, -0.05) is 61.0 Å². The van der Waals surface area contributed by atoms with E-state index in [0.29, 0.717) is 5.02 Å². The van der Waals surface area contributed by atoms with Gasteiger partial charge < -0.3 is 0 Å². The van der Waals surface area contributed by atoms with Gasteiger partial charge in [-0.25, -0.2) is 0 Å². The Balaban J connectivity index is 2.40. The predicted octanol–water partition coefficient (Wildman–Crippen LogP) is 4.87. The Bertz CT molecular complexity index is 517. The summed E-state index contributed by atoms with van der Waals surface area (Å²) in [6.07, 6.45) is 0.884. The summed E-state index contributed by atoms with van der Waals surface area (Å²) >= 11 is 6.11. The van der Waals surface area contributed by atoms with E-state index in [9.17, 15) is 0 Å². The third-order valence-electron chi connectivity index (χ3n) is 2.55. The molecule has 0 amide bonds. The largest absolute Gasteiger partial charge is 0.251 e. The molecule has 2 rings (SSSR count). The Kier molecular flexibility index (Phi) is 3.94. The van der Waals surface area contributed by atoms with Gasteiger partial charge in [-0.05, 0) is 24.1 Å². The number of halogens is 1. The standard InChI is InChI=1S/C15H14ClN/c1-2-14(12-8-4-3-5-9-12)17-15-11-7-6-10-13(15)16/h3-11H,2H2,1H3/b17-14-. The second kappa shape index (κ2) is 5.65. The molecule has 0 N–H and O–H groups in total. The van der Waals surface area contributed by atoms with Crippen LogP contribution in [0.2, 0.25) is 5.02 Å². The fraction of sp³-hybridized carbons (Fsp3) is 0.133. The van der Waals surface area contributed by atoms with Crippen LogP contribution in [0.5, 0.6) is 0 Å². The molecule has 0 radical (unpaired) electrons. The Morgan fingerprint density at radius 3 is 2.29 bits per heavy atom. The molecular formula is C15H14ClN. The van der Waals surface area contributed by atoms with Crippen LogP contribution in [0.1, 0.15) is 18.9 Å². The third kappa shape index (κ3) is 2.95. The molecule has 0 aliphatic rings. The van der Waals surface area contributed by atoms with Gasteiger partial charge in [-0.2, -0.15) is 0 Å². The van der Waals surface area contributed by atoms with Crippen LogP contribution in [0.15, 0.2) is 59.6 Å². The lowest BCUT2D eigenvalue weighted by molar-refractivity contribution is 1.26. The number of rotatable bonds is 3. The van der Waals surface area contributed by atoms with Crippen molar-refractivity contribution in [3.8, 4) is 0 Å². The molecule has 86 valence electrons. The topological polar surface area (TPSA) is 12.4 Å². The van der Waals surface area contributed by atoms with Crippen LogP contribution < -0.4 is 0 Å². The minimum Gasteiger partial charge on any atom is -0.251 e. The Morgan fingerprint density at radius 2 is 1.65 bits per heavy atom. The lowest BCUT2D eigenvalue weighted by Gasteiger charge is -2.05. The number of para-hydroxylation sites is 1. The maximum atomic E-state index is 6.11. The quantitative estimate of drug-likeness (QED) is 0.682. The first-order valence-electron chi connectivity index (χ1n) is 5.68. The predicted molar refractivity (Wildman–Crippen MR) is 74.4 cm³/mol. The van der Waals surface area contributed by atoms with Crippen molar-refractivity contribution in [1.82, 2.24) is 0 Å². The minimum atomic E-state index is 0.689. The summed E-state index contributed by atoms with van der Waals surface area (Å²) in [5.74, 6) is 0. The molecule has 17 heavy (non-hydrogen) atoms. The number of nitrogens with zero attached hydrogens (tertiary/aromatic N) is 1. The van der Waals surface area contributed by atoms with E-state index in [0.717, 1.165) is 23.4 Å². The Morgan fingerprint density at radius 1 is 1.00 bits per heavy atom. The van der Waals surface area contributed by atoms with Gasteiger partial charge >= 0.3 is 0 Å². The number of hydrogen-bond donors (Lipinski definition) is 0. The van der Waals surface area contributed by atoms with Gasteiger partial charge in [-0.15, -0.1) is 0 Å². The van der Waals surface area contributed by atoms with Crippen LogP contribution in [0.3, 0.4) is 0 Å². The van der Waals surface area contributed by atoms with E-state index in [-0.39, 0.29) is 0 Å². The summed E-state index contributed by atoms with van der Waals surface area (Å²) in [6.45, 7) is 2.10. The van der Waals surface area contributed by atoms with E-state index in [1.807, 2.05) is 42.5 Å². The first-order valence-corrected chi connectivity index (χ1v) is 6.06. The summed E-state index contributed by atoms with van der Waals surface area (Å²) < 4.78 is 0. The third-order valence-corrected chi connectivity index (χ3v) is 2.87. The van der Waals surface area contributed by atoms with Crippen molar-refractivity contribution in [2.45, 2.75) is 13.3 Å². The van der Waals surface area contributed by atoms with Crippen molar-refractivity contribution in [1.29, 1.82) is 0 Å². The molecule has 1 nitrogen and oxygen atoms in total. The first kappa shape index (κ1) is 11.9. The number of aliphatic imine (C=N–C) groups is 1. The molecule has 0 aliphatic heterocycles. The van der Waals surface area contributed by atoms with Gasteiger partial charge in [-0.3, -0.25) is 4.99 Å². The van der Waals surface area contributed by atoms with E-state index in [4.69, 9.17) is 11.6 Å². The van der Waals surface area contributed by atoms with E-state index in [1.54, 1.807) is 0 Å². The fourth-order valence-electron chi connectivity index (χ4n) is 1.67. The zero-order valence-corrected chi connectivity index (χ0v) is 10.5. The minimum absolute atomic E-state index is 0.689. The molecule has 0 atom stereocenters. The number of hydrogen-bond acceptors (Lipinski definition) is 1. The summed E-state index contributed by atoms with van der Waals surface area (Å²) in [6, 6.07) is 17.8. The molecule has 0 aliphatic carbocycles. The molecule has 0 bridgehead atoms. The molecule has 0 heterocycles. The molecule has 2 aromatic carbocycles. The van der Waals surface area contributed by atoms with Crippen molar-refractivity contribution >= 4 is 23.0 Å². The highest BCUT2D eigenvalue weighted by molar-refractivity contribution is 6.33. The van der Waals surface area contributed by atoms with Gasteiger partial charge in [0.1, 0.15) is 0 Å². The van der Waals surface area contributed by atoms with E-state index in [1.165, 1.54) is 0 Å². The van der Waals surface area contributed by atoms with Gasteiger partial charge in [0.05, 0.1) is 10.7 Å². The molecule has 0 unspecified atom stereocenters. The van der Waals surface area contributed by atoms with Gasteiger partial charge in [0.15, 0.2) is 0 Å². The van der Waals surface area contributed by atoms with Crippen LogP contribution in [0.25, 0.3) is 0 Å². The number of benzene rings is 2. The molecule has 2 aromatic rings. The Labute approximate surface area is 107 Å². The van der Waals surface area contributed by atoms with Crippen molar-refractivity contribution in [2.75, 3.05) is 0 Å².